The number of hydrogen-bond donors (Lipinski definition) is 0. The van der Waals surface area contributed by atoms with Crippen molar-refractivity contribution in [3.8, 4) is 33.8 Å². The van der Waals surface area contributed by atoms with Crippen molar-refractivity contribution in [3.05, 3.63) is 217 Å². The zero-order valence-electron chi connectivity index (χ0n) is 41.4. The summed E-state index contributed by atoms with van der Waals surface area (Å²) < 4.78 is 40.5. The average molecular weight is 888 g/mol. The maximum Gasteiger partial charge on any atom is 0.137 e. The van der Waals surface area contributed by atoms with Crippen LogP contribution in [-0.4, -0.2) is 22.8 Å². The SMILES string of the molecule is [2H]C([2H])([2H])c1cccc(-c2ccccc2)c1CCN1CN(c2cccc(COc3ccc4c5cc(-c6ccc7c(c6)oc6ccccc67)ccc5n(-c5cc(C(C)(C)C)ccn5)c4c3)c2)c2ccccc21. The van der Waals surface area contributed by atoms with E-state index in [-0.39, 0.29) is 5.41 Å². The number of rotatable bonds is 10. The molecule has 1 aliphatic heterocycles. The van der Waals surface area contributed by atoms with Crippen LogP contribution in [0.25, 0.3) is 71.8 Å². The molecule has 0 radical (unpaired) electrons. The van der Waals surface area contributed by atoms with Crippen molar-refractivity contribution in [2.24, 2.45) is 0 Å². The van der Waals surface area contributed by atoms with Crippen molar-refractivity contribution >= 4 is 60.8 Å². The molecule has 1 aliphatic rings. The molecule has 8 aromatic carbocycles. The predicted octanol–water partition coefficient (Wildman–Crippen LogP) is 15.8. The van der Waals surface area contributed by atoms with Crippen LogP contribution in [0.2, 0.25) is 0 Å². The van der Waals surface area contributed by atoms with Crippen molar-refractivity contribution < 1.29 is 13.3 Å². The van der Waals surface area contributed by atoms with Gasteiger partial charge in [-0.3, -0.25) is 4.57 Å². The van der Waals surface area contributed by atoms with Gasteiger partial charge < -0.3 is 19.0 Å². The fourth-order valence-electron chi connectivity index (χ4n) is 10.1. The van der Waals surface area contributed by atoms with Gasteiger partial charge in [0.1, 0.15) is 29.3 Å². The second kappa shape index (κ2) is 16.7. The lowest BCUT2D eigenvalue weighted by atomic mass is 9.88. The summed E-state index contributed by atoms with van der Waals surface area (Å²) in [6, 6.07) is 64.9. The van der Waals surface area contributed by atoms with E-state index in [1.54, 1.807) is 6.07 Å². The number of benzene rings is 8. The van der Waals surface area contributed by atoms with E-state index in [9.17, 15) is 0 Å². The van der Waals surface area contributed by atoms with Crippen LogP contribution in [0, 0.1) is 6.85 Å². The number of aryl methyl sites for hydroxylation is 1. The van der Waals surface area contributed by atoms with Gasteiger partial charge in [-0.1, -0.05) is 124 Å². The largest absolute Gasteiger partial charge is 0.489 e. The molecule has 0 unspecified atom stereocenters. The molecule has 0 aliphatic carbocycles. The molecule has 0 saturated heterocycles. The van der Waals surface area contributed by atoms with Crippen LogP contribution in [0.15, 0.2) is 199 Å². The predicted molar refractivity (Wildman–Crippen MR) is 282 cm³/mol. The van der Waals surface area contributed by atoms with Crippen LogP contribution < -0.4 is 14.5 Å². The molecule has 6 nitrogen and oxygen atoms in total. The number of aromatic nitrogens is 2. The molecular weight excluding hydrogens is 833 g/mol. The Labute approximate surface area is 401 Å². The van der Waals surface area contributed by atoms with E-state index in [2.05, 4.69) is 175 Å². The smallest absolute Gasteiger partial charge is 0.137 e. The third-order valence-corrected chi connectivity index (χ3v) is 13.6. The van der Waals surface area contributed by atoms with Crippen LogP contribution >= 0.6 is 0 Å². The molecule has 0 N–H and O–H groups in total. The number of furan rings is 1. The van der Waals surface area contributed by atoms with Gasteiger partial charge in [-0.05, 0) is 142 Å². The van der Waals surface area contributed by atoms with E-state index in [1.807, 2.05) is 48.7 Å². The lowest BCUT2D eigenvalue weighted by Gasteiger charge is -2.23. The minimum Gasteiger partial charge on any atom is -0.489 e. The van der Waals surface area contributed by atoms with Crippen molar-refractivity contribution in [1.29, 1.82) is 0 Å². The van der Waals surface area contributed by atoms with E-state index in [0.717, 1.165) is 106 Å². The van der Waals surface area contributed by atoms with Gasteiger partial charge in [0.25, 0.3) is 0 Å². The Balaban J connectivity index is 0.840. The van der Waals surface area contributed by atoms with Crippen molar-refractivity contribution in [2.45, 2.75) is 46.1 Å². The summed E-state index contributed by atoms with van der Waals surface area (Å²) in [5.41, 5.74) is 14.8. The Hall–Kier alpha value is -8.09. The van der Waals surface area contributed by atoms with Crippen LogP contribution in [0.3, 0.4) is 0 Å². The maximum atomic E-state index is 8.42. The van der Waals surface area contributed by atoms with Gasteiger partial charge in [0.15, 0.2) is 0 Å². The summed E-state index contributed by atoms with van der Waals surface area (Å²) in [6.45, 7) is 6.12. The summed E-state index contributed by atoms with van der Waals surface area (Å²) in [4.78, 5) is 9.64. The number of nitrogens with zero attached hydrogens (tertiary/aromatic N) is 4. The first kappa shape index (κ1) is 38.1. The normalized spacial score (nSPS) is 13.6. The first-order valence-electron chi connectivity index (χ1n) is 24.9. The lowest BCUT2D eigenvalue weighted by Crippen LogP contribution is -2.30. The molecule has 3 aromatic heterocycles. The van der Waals surface area contributed by atoms with Crippen LogP contribution in [0.5, 0.6) is 5.75 Å². The third-order valence-electron chi connectivity index (χ3n) is 13.6. The van der Waals surface area contributed by atoms with Gasteiger partial charge in [-0.25, -0.2) is 4.98 Å². The molecule has 0 bridgehead atoms. The molecule has 68 heavy (non-hydrogen) atoms. The standard InChI is InChI=1S/C62H52N4O2/c1-41-14-12-20-50(43-16-6-5-7-17-43)49(41)31-33-64-40-65(57-22-10-9-21-56(57)64)47-18-13-15-42(34-47)39-67-48-26-28-51-54-35-44(45-24-27-53-52-19-8-11-23-59(52)68-60(53)36-45)25-29-55(54)66(58(51)38-48)61-37-46(30-32-63-61)62(2,3)4/h5-30,32,34-38H,31,33,39-40H2,1-4H3/i1D3. The van der Waals surface area contributed by atoms with E-state index in [4.69, 9.17) is 18.3 Å². The number of pyridine rings is 1. The summed E-state index contributed by atoms with van der Waals surface area (Å²) >= 11 is 0. The Kier molecular flexibility index (Phi) is 9.32. The van der Waals surface area contributed by atoms with E-state index >= 15 is 0 Å². The molecule has 0 spiro atoms. The Morgan fingerprint density at radius 1 is 0.618 bits per heavy atom. The number of fused-ring (bicyclic) bond motifs is 7. The number of ether oxygens (including phenoxy) is 1. The molecular formula is C62H52N4O2. The highest BCUT2D eigenvalue weighted by atomic mass is 16.5. The molecule has 12 rings (SSSR count). The van der Waals surface area contributed by atoms with Gasteiger partial charge in [-0.15, -0.1) is 0 Å². The summed E-state index contributed by atoms with van der Waals surface area (Å²) in [7, 11) is 0. The summed E-state index contributed by atoms with van der Waals surface area (Å²) in [6.07, 6.45) is 2.49. The highest BCUT2D eigenvalue weighted by molar-refractivity contribution is 6.11. The van der Waals surface area contributed by atoms with Crippen LogP contribution in [0.1, 0.15) is 47.1 Å². The average Bonchev–Trinajstić information content (AvgIpc) is 4.06. The number of anilines is 3. The maximum absolute atomic E-state index is 8.42. The Morgan fingerprint density at radius 2 is 1.40 bits per heavy atom. The lowest BCUT2D eigenvalue weighted by molar-refractivity contribution is 0.306. The molecule has 332 valence electrons. The molecule has 4 heterocycles. The second-order valence-corrected chi connectivity index (χ2v) is 18.9. The van der Waals surface area contributed by atoms with Crippen LogP contribution in [0.4, 0.5) is 17.1 Å². The van der Waals surface area contributed by atoms with Crippen molar-refractivity contribution in [3.63, 3.8) is 0 Å². The van der Waals surface area contributed by atoms with Crippen molar-refractivity contribution in [1.82, 2.24) is 9.55 Å². The van der Waals surface area contributed by atoms with Gasteiger partial charge in [0, 0.05) is 50.2 Å². The Morgan fingerprint density at radius 3 is 2.28 bits per heavy atom. The Bertz CT molecular complexity index is 3810. The second-order valence-electron chi connectivity index (χ2n) is 18.9. The zero-order valence-corrected chi connectivity index (χ0v) is 38.4. The van der Waals surface area contributed by atoms with E-state index in [1.165, 1.54) is 5.56 Å². The highest BCUT2D eigenvalue weighted by Gasteiger charge is 2.27. The van der Waals surface area contributed by atoms with Gasteiger partial charge >= 0.3 is 0 Å². The summed E-state index contributed by atoms with van der Waals surface area (Å²) in [5, 5.41) is 4.47. The van der Waals surface area contributed by atoms with Crippen LogP contribution in [-0.2, 0) is 18.4 Å². The fraction of sp³-hybridized carbons (Fsp3) is 0.145. The summed E-state index contributed by atoms with van der Waals surface area (Å²) in [5.74, 6) is 1.62. The molecule has 0 fully saturated rings. The minimum atomic E-state index is -2.23. The molecule has 0 amide bonds. The zero-order chi connectivity index (χ0) is 48.4. The topological polar surface area (TPSA) is 46.7 Å². The fourth-order valence-corrected chi connectivity index (χ4v) is 10.1. The van der Waals surface area contributed by atoms with Crippen molar-refractivity contribution in [2.75, 3.05) is 23.0 Å². The molecule has 11 aromatic rings. The monoisotopic (exact) mass is 887 g/mol. The first-order valence-corrected chi connectivity index (χ1v) is 23.4. The van der Waals surface area contributed by atoms with Gasteiger partial charge in [0.05, 0.1) is 29.1 Å². The molecule has 0 saturated carbocycles. The quantitative estimate of drug-likeness (QED) is 0.137. The minimum absolute atomic E-state index is 0.0582. The van der Waals surface area contributed by atoms with E-state index < -0.39 is 6.85 Å². The van der Waals surface area contributed by atoms with Gasteiger partial charge in [-0.2, -0.15) is 0 Å². The van der Waals surface area contributed by atoms with E-state index in [0.29, 0.717) is 31.8 Å². The number of para-hydroxylation sites is 3. The molecule has 6 heteroatoms. The first-order chi connectivity index (χ1) is 34.4. The third kappa shape index (κ3) is 7.43. The number of hydrogen-bond acceptors (Lipinski definition) is 5. The highest BCUT2D eigenvalue weighted by Crippen LogP contribution is 2.42. The van der Waals surface area contributed by atoms with Gasteiger partial charge in [0.2, 0.25) is 0 Å². The molecule has 0 atom stereocenters.